The Kier molecular flexibility index (Phi) is 12.2. The van der Waals surface area contributed by atoms with E-state index in [0.717, 1.165) is 51.7 Å². The van der Waals surface area contributed by atoms with Gasteiger partial charge < -0.3 is 5.73 Å². The maximum Gasteiger partial charge on any atom is 0.258 e. The summed E-state index contributed by atoms with van der Waals surface area (Å²) < 4.78 is 53.6. The lowest BCUT2D eigenvalue weighted by Crippen LogP contribution is -2.10. The number of rotatable bonds is 4. The molecule has 2 N–H and O–H groups in total. The third-order valence-electron chi connectivity index (χ3n) is 5.06. The number of aryl methyl sites for hydroxylation is 2. The largest absolute Gasteiger partial charge is 0.397 e. The third kappa shape index (κ3) is 9.52. The second-order valence-electron chi connectivity index (χ2n) is 7.86. The highest BCUT2D eigenvalue weighted by atomic mass is 79.9. The van der Waals surface area contributed by atoms with Gasteiger partial charge in [-0.1, -0.05) is 12.1 Å². The van der Waals surface area contributed by atoms with Crippen molar-refractivity contribution in [2.24, 2.45) is 0 Å². The highest BCUT2D eigenvalue weighted by molar-refractivity contribution is 9.10. The fraction of sp³-hybridized carbons (Fsp3) is 0.111. The van der Waals surface area contributed by atoms with E-state index in [1.165, 1.54) is 12.3 Å². The third-order valence-corrected chi connectivity index (χ3v) is 6.11. The monoisotopic (exact) mass is 687 g/mol. The van der Waals surface area contributed by atoms with E-state index < -0.39 is 45.4 Å². The lowest BCUT2D eigenvalue weighted by Gasteiger charge is -2.07. The van der Waals surface area contributed by atoms with Crippen molar-refractivity contribution in [3.63, 3.8) is 0 Å². The van der Waals surface area contributed by atoms with Crippen LogP contribution in [-0.2, 0) is 6.42 Å². The van der Waals surface area contributed by atoms with E-state index in [9.17, 15) is 27.2 Å². The quantitative estimate of drug-likeness (QED) is 0.102. The van der Waals surface area contributed by atoms with Gasteiger partial charge >= 0.3 is 0 Å². The summed E-state index contributed by atoms with van der Waals surface area (Å²) in [7, 11) is 0. The van der Waals surface area contributed by atoms with E-state index >= 15 is 0 Å². The van der Waals surface area contributed by atoms with Gasteiger partial charge in [0.05, 0.1) is 17.4 Å². The highest BCUT2D eigenvalue weighted by Crippen LogP contribution is 2.19. The Hall–Kier alpha value is -3.15. The molecule has 39 heavy (non-hydrogen) atoms. The van der Waals surface area contributed by atoms with Gasteiger partial charge in [0.2, 0.25) is 0 Å². The molecule has 2 aromatic heterocycles. The normalized spacial score (nSPS) is 10.1. The first-order valence-corrected chi connectivity index (χ1v) is 12.9. The van der Waals surface area contributed by atoms with Gasteiger partial charge in [0.15, 0.2) is 5.78 Å². The molecule has 0 aliphatic heterocycles. The van der Waals surface area contributed by atoms with Gasteiger partial charge in [-0.15, -0.1) is 0 Å². The first kappa shape index (κ1) is 32.1. The molecule has 0 radical (unpaired) electrons. The van der Waals surface area contributed by atoms with Crippen LogP contribution < -0.4 is 5.73 Å². The number of nitrogen functional groups attached to an aromatic ring is 1. The van der Waals surface area contributed by atoms with Gasteiger partial charge in [-0.2, -0.15) is 0 Å². The fourth-order valence-corrected chi connectivity index (χ4v) is 4.05. The fourth-order valence-electron chi connectivity index (χ4n) is 2.98. The van der Waals surface area contributed by atoms with Crippen molar-refractivity contribution in [1.82, 2.24) is 9.97 Å². The molecule has 4 rings (SSSR count). The van der Waals surface area contributed by atoms with Crippen LogP contribution >= 0.6 is 43.5 Å². The minimum Gasteiger partial charge on any atom is -0.397 e. The van der Waals surface area contributed by atoms with Gasteiger partial charge in [-0.05, 0) is 110 Å². The van der Waals surface area contributed by atoms with Gasteiger partial charge in [0.1, 0.15) is 38.0 Å². The smallest absolute Gasteiger partial charge is 0.258 e. The molecule has 12 heteroatoms. The van der Waals surface area contributed by atoms with Crippen LogP contribution in [0.25, 0.3) is 0 Å². The predicted molar refractivity (Wildman–Crippen MR) is 149 cm³/mol. The van der Waals surface area contributed by atoms with Crippen molar-refractivity contribution in [1.29, 1.82) is 0 Å². The van der Waals surface area contributed by atoms with E-state index in [0.29, 0.717) is 10.2 Å². The van der Waals surface area contributed by atoms with Crippen molar-refractivity contribution < 1.29 is 27.2 Å². The van der Waals surface area contributed by atoms with Crippen LogP contribution in [0.3, 0.4) is 0 Å². The summed E-state index contributed by atoms with van der Waals surface area (Å²) in [6.45, 7) is 3.76. The molecule has 2 aromatic carbocycles. The van der Waals surface area contributed by atoms with Crippen molar-refractivity contribution in [3.05, 3.63) is 121 Å². The zero-order valence-corrected chi connectivity index (χ0v) is 24.3. The molecule has 0 fully saturated rings. The van der Waals surface area contributed by atoms with Crippen molar-refractivity contribution in [2.75, 3.05) is 5.73 Å². The summed E-state index contributed by atoms with van der Waals surface area (Å²) in [5.74, 6) is -4.15. The molecular formula is C27H20Br2ClF4N3O2. The Balaban J connectivity index is 0.000000226. The number of carbonyl (C=O) groups is 2. The number of hydrogen-bond donors (Lipinski definition) is 1. The molecule has 0 bridgehead atoms. The maximum atomic E-state index is 13.5. The topological polar surface area (TPSA) is 85.9 Å². The van der Waals surface area contributed by atoms with Crippen molar-refractivity contribution in [2.45, 2.75) is 20.3 Å². The van der Waals surface area contributed by atoms with Crippen LogP contribution in [-0.4, -0.2) is 21.0 Å². The predicted octanol–water partition coefficient (Wildman–Crippen LogP) is 7.93. The first-order valence-electron chi connectivity index (χ1n) is 10.9. The highest BCUT2D eigenvalue weighted by Gasteiger charge is 2.18. The SMILES string of the molecule is Cc1cc(Br)ncc1CC(=O)c1c(F)cccc1F.Cc1cc(Br)ncc1N.O=C(Cl)c1c(F)cccc1F. The average Bonchev–Trinajstić information content (AvgIpc) is 2.84. The minimum absolute atomic E-state index is 0.0794. The molecule has 2 heterocycles. The second-order valence-corrected chi connectivity index (χ2v) is 9.83. The number of pyridine rings is 2. The molecule has 0 saturated heterocycles. The van der Waals surface area contributed by atoms with Crippen LogP contribution in [0.2, 0.25) is 0 Å². The number of benzene rings is 2. The Bertz CT molecular complexity index is 1470. The number of Topliss-reactive ketones (excluding diaryl/α,β-unsaturated/α-hetero) is 1. The van der Waals surface area contributed by atoms with Crippen molar-refractivity contribution in [3.8, 4) is 0 Å². The summed E-state index contributed by atoms with van der Waals surface area (Å²) in [6.07, 6.45) is 3.08. The van der Waals surface area contributed by atoms with Crippen LogP contribution in [0.5, 0.6) is 0 Å². The van der Waals surface area contributed by atoms with Crippen LogP contribution in [0.4, 0.5) is 23.2 Å². The Morgan fingerprint density at radius 3 is 1.62 bits per heavy atom. The molecule has 5 nitrogen and oxygen atoms in total. The summed E-state index contributed by atoms with van der Waals surface area (Å²) >= 11 is 11.3. The van der Waals surface area contributed by atoms with E-state index in [1.54, 1.807) is 12.3 Å². The molecule has 0 unspecified atom stereocenters. The number of hydrogen-bond acceptors (Lipinski definition) is 5. The van der Waals surface area contributed by atoms with Gasteiger partial charge in [-0.3, -0.25) is 9.59 Å². The van der Waals surface area contributed by atoms with Crippen molar-refractivity contribution >= 4 is 60.2 Å². The number of aromatic nitrogens is 2. The summed E-state index contributed by atoms with van der Waals surface area (Å²) in [6, 6.07) is 10.1. The molecule has 0 aliphatic carbocycles. The van der Waals surface area contributed by atoms with Crippen LogP contribution in [0.15, 0.2) is 70.1 Å². The van der Waals surface area contributed by atoms with Crippen LogP contribution in [0, 0.1) is 37.1 Å². The first-order chi connectivity index (χ1) is 18.3. The molecule has 0 aliphatic rings. The maximum absolute atomic E-state index is 13.5. The summed E-state index contributed by atoms with van der Waals surface area (Å²) in [5, 5.41) is -1.12. The molecular weight excluding hydrogens is 670 g/mol. The van der Waals surface area contributed by atoms with E-state index in [1.807, 2.05) is 19.9 Å². The number of anilines is 1. The number of ketones is 1. The summed E-state index contributed by atoms with van der Waals surface area (Å²) in [4.78, 5) is 30.3. The molecule has 0 amide bonds. The molecule has 4 aromatic rings. The summed E-state index contributed by atoms with van der Waals surface area (Å²) in [5.41, 5.74) is 7.59. The Labute approximate surface area is 243 Å². The Morgan fingerprint density at radius 2 is 1.23 bits per heavy atom. The van der Waals surface area contributed by atoms with E-state index in [-0.39, 0.29) is 6.42 Å². The lowest BCUT2D eigenvalue weighted by atomic mass is 10.0. The minimum atomic E-state index is -1.12. The average molecular weight is 690 g/mol. The number of nitrogens with zero attached hydrogens (tertiary/aromatic N) is 2. The van der Waals surface area contributed by atoms with Gasteiger partial charge in [0, 0.05) is 12.6 Å². The molecule has 0 saturated carbocycles. The molecule has 0 spiro atoms. The van der Waals surface area contributed by atoms with Gasteiger partial charge in [0.25, 0.3) is 5.24 Å². The Morgan fingerprint density at radius 1 is 0.795 bits per heavy atom. The van der Waals surface area contributed by atoms with Crippen LogP contribution in [0.1, 0.15) is 37.4 Å². The van der Waals surface area contributed by atoms with Gasteiger partial charge in [-0.25, -0.2) is 27.5 Å². The molecule has 0 atom stereocenters. The number of halogens is 7. The van der Waals surface area contributed by atoms with E-state index in [2.05, 4.69) is 41.8 Å². The van der Waals surface area contributed by atoms with E-state index in [4.69, 9.17) is 17.3 Å². The zero-order valence-electron chi connectivity index (χ0n) is 20.4. The zero-order chi connectivity index (χ0) is 29.3. The number of carbonyl (C=O) groups excluding carboxylic acids is 2. The second kappa shape index (κ2) is 14.9. The molecule has 204 valence electrons. The number of nitrogens with two attached hydrogens (primary N) is 1. The standard InChI is InChI=1S/C14H10BrF2NO.C7H3ClF2O.C6H7BrN2/c1-8-5-13(15)18-7-9(8)6-12(19)14-10(16)3-2-4-11(14)17;8-7(11)6-4(9)2-1-3-5(6)10;1-4-2-6(7)9-3-5(4)8/h2-5,7H,6H2,1H3;1-3H;2-3H,8H2,1H3. The lowest BCUT2D eigenvalue weighted by molar-refractivity contribution is 0.0983.